The first-order chi connectivity index (χ1) is 8.24. The molecule has 0 saturated heterocycles. The molecule has 1 aromatic rings. The van der Waals surface area contributed by atoms with Crippen LogP contribution in [-0.4, -0.2) is 23.4 Å². The molecule has 1 aliphatic carbocycles. The fourth-order valence-electron chi connectivity index (χ4n) is 2.35. The van der Waals surface area contributed by atoms with Gasteiger partial charge in [-0.25, -0.2) is 0 Å². The average molecular weight is 298 g/mol. The summed E-state index contributed by atoms with van der Waals surface area (Å²) in [6, 6.07) is 2.06. The van der Waals surface area contributed by atoms with Gasteiger partial charge in [-0.15, -0.1) is 6.58 Å². The number of hydrogen-bond donors (Lipinski definition) is 0. The van der Waals surface area contributed by atoms with Crippen molar-refractivity contribution in [2.45, 2.75) is 31.7 Å². The standard InChI is InChI=1S/C13H16BrNO2/c1-2-8-15(10-5-3-4-6-10)13(16)11-7-9-17-12(11)14/h2,7,9-10H,1,3-6,8H2. The maximum Gasteiger partial charge on any atom is 0.258 e. The third kappa shape index (κ3) is 2.63. The maximum atomic E-state index is 12.4. The van der Waals surface area contributed by atoms with Gasteiger partial charge in [-0.3, -0.25) is 4.79 Å². The van der Waals surface area contributed by atoms with Gasteiger partial charge >= 0.3 is 0 Å². The highest BCUT2D eigenvalue weighted by atomic mass is 79.9. The molecule has 2 rings (SSSR count). The Hall–Kier alpha value is -1.03. The average Bonchev–Trinajstić information content (AvgIpc) is 2.95. The molecule has 1 amide bonds. The third-order valence-electron chi connectivity index (χ3n) is 3.20. The Morgan fingerprint density at radius 2 is 2.29 bits per heavy atom. The Balaban J connectivity index is 2.18. The summed E-state index contributed by atoms with van der Waals surface area (Å²) in [4.78, 5) is 14.3. The van der Waals surface area contributed by atoms with Crippen LogP contribution >= 0.6 is 15.9 Å². The molecule has 0 radical (unpaired) electrons. The smallest absolute Gasteiger partial charge is 0.258 e. The maximum absolute atomic E-state index is 12.4. The molecule has 1 fully saturated rings. The van der Waals surface area contributed by atoms with Crippen LogP contribution in [0.4, 0.5) is 0 Å². The predicted molar refractivity (Wildman–Crippen MR) is 69.9 cm³/mol. The fraction of sp³-hybridized carbons (Fsp3) is 0.462. The Morgan fingerprint density at radius 1 is 1.59 bits per heavy atom. The van der Waals surface area contributed by atoms with Gasteiger partial charge in [-0.1, -0.05) is 18.9 Å². The molecule has 0 bridgehead atoms. The van der Waals surface area contributed by atoms with E-state index in [0.717, 1.165) is 12.8 Å². The molecule has 0 aromatic carbocycles. The fourth-order valence-corrected chi connectivity index (χ4v) is 2.76. The SMILES string of the molecule is C=CCN(C(=O)c1ccoc1Br)C1CCCC1. The van der Waals surface area contributed by atoms with E-state index in [1.165, 1.54) is 19.1 Å². The molecule has 1 aliphatic rings. The topological polar surface area (TPSA) is 33.5 Å². The Labute approximate surface area is 110 Å². The summed E-state index contributed by atoms with van der Waals surface area (Å²) in [6.45, 7) is 4.33. The summed E-state index contributed by atoms with van der Waals surface area (Å²) in [6.07, 6.45) is 7.91. The van der Waals surface area contributed by atoms with E-state index >= 15 is 0 Å². The highest BCUT2D eigenvalue weighted by Gasteiger charge is 2.28. The van der Waals surface area contributed by atoms with E-state index in [1.54, 1.807) is 12.1 Å². The zero-order chi connectivity index (χ0) is 12.3. The van der Waals surface area contributed by atoms with Gasteiger partial charge < -0.3 is 9.32 Å². The van der Waals surface area contributed by atoms with Gasteiger partial charge in [0.2, 0.25) is 0 Å². The van der Waals surface area contributed by atoms with Gasteiger partial charge in [-0.2, -0.15) is 0 Å². The first-order valence-electron chi connectivity index (χ1n) is 5.89. The number of furan rings is 1. The Bertz CT molecular complexity index is 407. The number of carbonyl (C=O) groups excluding carboxylic acids is 1. The summed E-state index contributed by atoms with van der Waals surface area (Å²) < 4.78 is 5.63. The molecular weight excluding hydrogens is 282 g/mol. The molecule has 4 heteroatoms. The van der Waals surface area contributed by atoms with Gasteiger partial charge in [0.1, 0.15) is 0 Å². The molecule has 0 atom stereocenters. The minimum atomic E-state index is 0.0254. The molecule has 1 aromatic heterocycles. The molecule has 1 heterocycles. The van der Waals surface area contributed by atoms with Crippen molar-refractivity contribution in [3.05, 3.63) is 35.2 Å². The number of nitrogens with zero attached hydrogens (tertiary/aromatic N) is 1. The van der Waals surface area contributed by atoms with Gasteiger partial charge in [0.15, 0.2) is 4.67 Å². The van der Waals surface area contributed by atoms with Gasteiger partial charge in [0.05, 0.1) is 11.8 Å². The van der Waals surface area contributed by atoms with Gasteiger partial charge in [0, 0.05) is 12.6 Å². The van der Waals surface area contributed by atoms with Crippen LogP contribution in [0, 0.1) is 0 Å². The predicted octanol–water partition coefficient (Wildman–Crippen LogP) is 3.61. The highest BCUT2D eigenvalue weighted by molar-refractivity contribution is 9.10. The van der Waals surface area contributed by atoms with Crippen molar-refractivity contribution >= 4 is 21.8 Å². The minimum absolute atomic E-state index is 0.0254. The van der Waals surface area contributed by atoms with E-state index in [2.05, 4.69) is 22.5 Å². The number of halogens is 1. The largest absolute Gasteiger partial charge is 0.457 e. The van der Waals surface area contributed by atoms with E-state index in [9.17, 15) is 4.79 Å². The Morgan fingerprint density at radius 3 is 2.82 bits per heavy atom. The first-order valence-corrected chi connectivity index (χ1v) is 6.68. The van der Waals surface area contributed by atoms with E-state index in [-0.39, 0.29) is 5.91 Å². The lowest BCUT2D eigenvalue weighted by Gasteiger charge is -2.27. The molecule has 0 unspecified atom stereocenters. The zero-order valence-corrected chi connectivity index (χ0v) is 11.3. The molecule has 0 aliphatic heterocycles. The number of carbonyl (C=O) groups is 1. The van der Waals surface area contributed by atoms with Crippen molar-refractivity contribution in [1.29, 1.82) is 0 Å². The van der Waals surface area contributed by atoms with E-state index in [1.807, 2.05) is 4.90 Å². The van der Waals surface area contributed by atoms with Crippen molar-refractivity contribution < 1.29 is 9.21 Å². The third-order valence-corrected chi connectivity index (χ3v) is 3.81. The number of amides is 1. The summed E-state index contributed by atoms with van der Waals surface area (Å²) in [5, 5.41) is 0. The van der Waals surface area contributed by atoms with E-state index < -0.39 is 0 Å². The van der Waals surface area contributed by atoms with Crippen LogP contribution in [0.5, 0.6) is 0 Å². The Kier molecular flexibility index (Phi) is 4.05. The summed E-state index contributed by atoms with van der Waals surface area (Å²) in [7, 11) is 0. The number of hydrogen-bond acceptors (Lipinski definition) is 2. The summed E-state index contributed by atoms with van der Waals surface area (Å²) in [5.74, 6) is 0.0254. The van der Waals surface area contributed by atoms with Crippen LogP contribution in [0.3, 0.4) is 0 Å². The van der Waals surface area contributed by atoms with Gasteiger partial charge in [0.25, 0.3) is 5.91 Å². The van der Waals surface area contributed by atoms with Crippen molar-refractivity contribution in [3.63, 3.8) is 0 Å². The summed E-state index contributed by atoms with van der Waals surface area (Å²) in [5.41, 5.74) is 0.596. The van der Waals surface area contributed by atoms with Crippen molar-refractivity contribution in [3.8, 4) is 0 Å². The van der Waals surface area contributed by atoms with Crippen LogP contribution in [0.1, 0.15) is 36.0 Å². The lowest BCUT2D eigenvalue weighted by molar-refractivity contribution is 0.0704. The monoisotopic (exact) mass is 297 g/mol. The van der Waals surface area contributed by atoms with Crippen molar-refractivity contribution in [2.75, 3.05) is 6.54 Å². The lowest BCUT2D eigenvalue weighted by atomic mass is 10.1. The normalized spacial score (nSPS) is 16.1. The molecule has 17 heavy (non-hydrogen) atoms. The van der Waals surface area contributed by atoms with Crippen molar-refractivity contribution in [2.24, 2.45) is 0 Å². The van der Waals surface area contributed by atoms with Crippen LogP contribution in [-0.2, 0) is 0 Å². The second-order valence-electron chi connectivity index (χ2n) is 4.29. The second-order valence-corrected chi connectivity index (χ2v) is 5.01. The first kappa shape index (κ1) is 12.4. The highest BCUT2D eigenvalue weighted by Crippen LogP contribution is 2.27. The molecular formula is C13H16BrNO2. The molecule has 3 nitrogen and oxygen atoms in total. The quantitative estimate of drug-likeness (QED) is 0.796. The zero-order valence-electron chi connectivity index (χ0n) is 9.69. The molecule has 0 spiro atoms. The van der Waals surface area contributed by atoms with Crippen LogP contribution in [0.15, 0.2) is 34.1 Å². The van der Waals surface area contributed by atoms with Crippen LogP contribution in [0.25, 0.3) is 0 Å². The van der Waals surface area contributed by atoms with E-state index in [0.29, 0.717) is 22.8 Å². The molecule has 1 saturated carbocycles. The molecule has 92 valence electrons. The van der Waals surface area contributed by atoms with E-state index in [4.69, 9.17) is 4.42 Å². The van der Waals surface area contributed by atoms with Crippen LogP contribution < -0.4 is 0 Å². The number of rotatable bonds is 4. The van der Waals surface area contributed by atoms with Crippen molar-refractivity contribution in [1.82, 2.24) is 4.90 Å². The van der Waals surface area contributed by atoms with Gasteiger partial charge in [-0.05, 0) is 34.8 Å². The summed E-state index contributed by atoms with van der Waals surface area (Å²) >= 11 is 3.25. The van der Waals surface area contributed by atoms with Crippen LogP contribution in [0.2, 0.25) is 0 Å². The molecule has 0 N–H and O–H groups in total. The second kappa shape index (κ2) is 5.54. The lowest BCUT2D eigenvalue weighted by Crippen LogP contribution is -2.38. The minimum Gasteiger partial charge on any atom is -0.457 e.